The predicted molar refractivity (Wildman–Crippen MR) is 531 cm³/mol. The molecule has 1 N–H and O–H groups in total. The van der Waals surface area contributed by atoms with Gasteiger partial charge in [-0.15, -0.1) is 91.8 Å². The molecule has 0 bridgehead atoms. The van der Waals surface area contributed by atoms with Crippen molar-refractivity contribution in [3.63, 3.8) is 0 Å². The van der Waals surface area contributed by atoms with Gasteiger partial charge in [0.05, 0.1) is 55.1 Å². The van der Waals surface area contributed by atoms with Crippen LogP contribution in [-0.2, 0) is 6.54 Å². The highest BCUT2D eigenvalue weighted by molar-refractivity contribution is 5.66. The van der Waals surface area contributed by atoms with Crippen molar-refractivity contribution in [2.75, 3.05) is 69.8 Å². The van der Waals surface area contributed by atoms with Crippen LogP contribution in [0.4, 0.5) is 0 Å². The summed E-state index contributed by atoms with van der Waals surface area (Å²) in [5, 5.41) is 76.9. The van der Waals surface area contributed by atoms with Crippen molar-refractivity contribution in [3.05, 3.63) is 252 Å². The van der Waals surface area contributed by atoms with Gasteiger partial charge in [-0.3, -0.25) is 0 Å². The smallest absolute Gasteiger partial charge is 0.242 e. The molecule has 20 rings (SSSR count). The molecule has 0 radical (unpaired) electrons. The minimum absolute atomic E-state index is 0.203. The van der Waals surface area contributed by atoms with E-state index in [1.807, 2.05) is 184 Å². The van der Waals surface area contributed by atoms with Crippen LogP contribution in [0.3, 0.4) is 0 Å². The average Bonchev–Trinajstić information content (AvgIpc) is 1.76. The number of nitrogens with zero attached hydrogens (tertiary/aromatic N) is 31. The number of hydrogen-bond donors (Lipinski definition) is 1. The lowest BCUT2D eigenvalue weighted by Gasteiger charge is -2.22. The first-order valence-electron chi connectivity index (χ1n) is 45.2. The second-order valence-electron chi connectivity index (χ2n) is 33.3. The normalized spacial score (nSPS) is 12.7. The summed E-state index contributed by atoms with van der Waals surface area (Å²) in [7, 11) is 13.7. The van der Waals surface area contributed by atoms with E-state index >= 15 is 0 Å². The highest BCUT2D eigenvalue weighted by atomic mass is 16.5. The monoisotopic (exact) mass is 1930 g/mol. The average molecular weight is 1940 g/mol. The Balaban J connectivity index is 0.000000129. The Morgan fingerprint density at radius 1 is 0.336 bits per heavy atom. The zero-order valence-electron chi connectivity index (χ0n) is 81.8. The number of ether oxygens (including phenoxy) is 6. The van der Waals surface area contributed by atoms with Crippen molar-refractivity contribution in [2.24, 2.45) is 0 Å². The van der Waals surface area contributed by atoms with Crippen LogP contribution in [0.1, 0.15) is 155 Å². The van der Waals surface area contributed by atoms with Crippen LogP contribution in [0.5, 0.6) is 34.5 Å². The number of methoxy groups -OCH3 is 6. The molecule has 143 heavy (non-hydrogen) atoms. The molecule has 12 aromatic heterocycles. The molecular weight excluding hydrogens is 1830 g/mol. The maximum Gasteiger partial charge on any atom is 0.242 e. The maximum absolute atomic E-state index is 5.74. The van der Waals surface area contributed by atoms with E-state index in [0.717, 1.165) is 133 Å². The van der Waals surface area contributed by atoms with Gasteiger partial charge in [-0.25, -0.2) is 58.0 Å². The van der Waals surface area contributed by atoms with Crippen molar-refractivity contribution in [1.82, 2.24) is 160 Å². The first-order valence-corrected chi connectivity index (χ1v) is 45.2. The van der Waals surface area contributed by atoms with E-state index in [4.69, 9.17) is 54.9 Å². The summed E-state index contributed by atoms with van der Waals surface area (Å²) >= 11 is 0. The molecule has 1 saturated heterocycles. The predicted octanol–water partition coefficient (Wildman–Crippen LogP) is 16.5. The molecule has 1 saturated carbocycles. The summed E-state index contributed by atoms with van der Waals surface area (Å²) in [4.78, 5) is 27.9. The van der Waals surface area contributed by atoms with E-state index < -0.39 is 0 Å². The molecule has 734 valence electrons. The molecule has 0 unspecified atom stereocenters. The molecule has 0 spiro atoms. The van der Waals surface area contributed by atoms with Gasteiger partial charge in [0.1, 0.15) is 72.5 Å². The van der Waals surface area contributed by atoms with Crippen LogP contribution in [0.2, 0.25) is 0 Å². The number of hydrogen-bond acceptors (Lipinski definition) is 38. The lowest BCUT2D eigenvalue weighted by Crippen LogP contribution is -2.40. The Kier molecular flexibility index (Phi) is 33.4. The lowest BCUT2D eigenvalue weighted by molar-refractivity contribution is 0.340. The van der Waals surface area contributed by atoms with Crippen molar-refractivity contribution in [2.45, 2.75) is 112 Å². The first-order chi connectivity index (χ1) is 69.4. The SMILES string of the molecule is COc1cc(C)cc(-c2ncn(/C=C\c3nnc(C(C)C)o3)n2)c1.COc1cc(C)cc(-c2ncn(/C=C\c3nnc(C)o3)n2)c1.COc1cc(C)cc(-c2ncn(/C=C\c3nnc(C4CCCC4)o3)n2)c1.COc1cc(C)cc(-c2ncn(/C=C\c3nnc(C4CNC4)o3)n2)c1.COc1cc(C)cc(-c2ncn(/C=C\c3nnc(CN(C)C)o3)n2)c1.COc1cc(C)cc(-c2ncn(/C=C\c3nnco3)n2)c1. The van der Waals surface area contributed by atoms with E-state index in [-0.39, 0.29) is 5.92 Å². The molecule has 1 aliphatic heterocycles. The molecule has 0 atom stereocenters. The molecular formula is C99H106N32O12. The summed E-state index contributed by atoms with van der Waals surface area (Å²) in [6.45, 7) is 20.1. The second kappa shape index (κ2) is 48.0. The molecule has 0 amide bonds. The van der Waals surface area contributed by atoms with Gasteiger partial charge in [-0.1, -0.05) is 26.7 Å². The zero-order valence-corrected chi connectivity index (χ0v) is 81.8. The highest BCUT2D eigenvalue weighted by Crippen LogP contribution is 2.35. The van der Waals surface area contributed by atoms with Crippen LogP contribution >= 0.6 is 0 Å². The van der Waals surface area contributed by atoms with Gasteiger partial charge in [-0.05, 0) is 211 Å². The highest BCUT2D eigenvalue weighted by Gasteiger charge is 2.26. The third kappa shape index (κ3) is 28.5. The fourth-order valence-corrected chi connectivity index (χ4v) is 14.1. The molecule has 18 aromatic rings. The fourth-order valence-electron chi connectivity index (χ4n) is 14.1. The van der Waals surface area contributed by atoms with E-state index in [1.165, 1.54) is 19.2 Å². The Labute approximate surface area is 821 Å². The summed E-state index contributed by atoms with van der Waals surface area (Å²) < 4.78 is 74.0. The van der Waals surface area contributed by atoms with E-state index in [0.29, 0.717) is 112 Å². The molecule has 2 aliphatic rings. The Hall–Kier alpha value is -17.8. The second-order valence-corrected chi connectivity index (χ2v) is 33.3. The van der Waals surface area contributed by atoms with Gasteiger partial charge in [0.15, 0.2) is 34.9 Å². The minimum Gasteiger partial charge on any atom is -0.497 e. The van der Waals surface area contributed by atoms with Crippen molar-refractivity contribution < 1.29 is 54.9 Å². The zero-order chi connectivity index (χ0) is 100. The standard InChI is InChI=1S/C19H21N5O2.C17H18N6O2.C17H20N6O2.C17H19N5O2.C15H15N5O2.C14H13N5O2/c1-13-9-15(11-16(10-13)25-2)18-20-12-24(23-18)8-7-17-21-22-19(26-17)14-5-3-4-6-14;1-11-5-12(7-14(6-11)24-2)16-19-10-23(22-16)4-3-15-20-21-17(25-15)13-8-18-9-13;1-12-7-13(9-14(8-12)24-4)17-18-11-23(21-17)6-5-15-19-20-16(25-15)10-22(2)3;1-11(2)17-20-19-15(24-17)5-6-22-10-18-16(21-22)13-7-12(3)8-14(9-13)23-4;1-10-6-12(8-13(7-10)21-3)15-16-9-20(19-15)5-4-14-18-17-11(2)22-14;1-10-5-11(7-12(6-10)20-2)14-15-8-19(18-14)4-3-13-17-16-9-21-13/h7-12,14H,3-6H2,1-2H3;3-7,10,13,18H,8-9H2,1-2H3;5-9,11H,10H2,1-4H3;5-11H,1-4H3;4-9H,1-3H3;3-9H,1-2H3/b8-7-;4-3-;2*6-5-;5-4-;4-3-. The van der Waals surface area contributed by atoms with Crippen LogP contribution in [0.25, 0.3) is 142 Å². The van der Waals surface area contributed by atoms with Crippen molar-refractivity contribution >= 4 is 73.7 Å². The van der Waals surface area contributed by atoms with E-state index in [9.17, 15) is 0 Å². The van der Waals surface area contributed by atoms with Crippen LogP contribution in [-0.4, -0.2) is 225 Å². The van der Waals surface area contributed by atoms with Crippen molar-refractivity contribution in [1.29, 1.82) is 0 Å². The van der Waals surface area contributed by atoms with Gasteiger partial charge >= 0.3 is 0 Å². The van der Waals surface area contributed by atoms with Gasteiger partial charge in [0.25, 0.3) is 0 Å². The maximum atomic E-state index is 5.74. The number of aryl methyl sites for hydroxylation is 7. The lowest BCUT2D eigenvalue weighted by atomic mass is 10.0. The third-order valence-corrected chi connectivity index (χ3v) is 21.1. The quantitative estimate of drug-likeness (QED) is 0.0455. The first kappa shape index (κ1) is 99.6. The Morgan fingerprint density at radius 3 is 0.909 bits per heavy atom. The molecule has 44 heteroatoms. The molecule has 1 aliphatic carbocycles. The molecule has 2 fully saturated rings. The van der Waals surface area contributed by atoms with Crippen LogP contribution in [0, 0.1) is 48.5 Å². The van der Waals surface area contributed by atoms with Crippen LogP contribution < -0.4 is 33.7 Å². The fraction of sp³-hybridized carbons (Fsp3) is 0.273. The molecule has 6 aromatic carbocycles. The topological polar surface area (TPSA) is 488 Å². The summed E-state index contributed by atoms with van der Waals surface area (Å²) in [5.74, 6) is 15.1. The van der Waals surface area contributed by atoms with Gasteiger partial charge in [0.2, 0.25) is 71.2 Å². The van der Waals surface area contributed by atoms with E-state index in [2.05, 4.69) is 127 Å². The summed E-state index contributed by atoms with van der Waals surface area (Å²) in [5.41, 5.74) is 11.9. The summed E-state index contributed by atoms with van der Waals surface area (Å²) in [6, 6.07) is 35.3. The Morgan fingerprint density at radius 2 is 0.629 bits per heavy atom. The largest absolute Gasteiger partial charge is 0.497 e. The van der Waals surface area contributed by atoms with Gasteiger partial charge in [0, 0.05) is 139 Å². The molecule has 44 nitrogen and oxygen atoms in total. The van der Waals surface area contributed by atoms with E-state index in [1.54, 1.807) is 189 Å². The summed E-state index contributed by atoms with van der Waals surface area (Å²) in [6.07, 6.45) is 36.3. The number of rotatable bonds is 29. The number of nitrogens with one attached hydrogen (secondary N) is 1. The van der Waals surface area contributed by atoms with Crippen molar-refractivity contribution in [3.8, 4) is 103 Å². The minimum atomic E-state index is 0.203. The number of aromatic nitrogens is 30. The van der Waals surface area contributed by atoms with Gasteiger partial charge < -0.3 is 65.1 Å². The number of benzene rings is 6. The molecule has 13 heterocycles. The van der Waals surface area contributed by atoms with Crippen LogP contribution in [0.15, 0.2) is 180 Å². The van der Waals surface area contributed by atoms with Gasteiger partial charge in [-0.2, -0.15) is 0 Å². The Bertz CT molecular complexity index is 7380. The third-order valence-electron chi connectivity index (χ3n) is 21.1.